The first-order chi connectivity index (χ1) is 14.2. The Balaban J connectivity index is 1.46. The SMILES string of the molecule is COc1cccc(N2CC(C(=O)Nc3cnccc3N3CCCCC3)CC2=O)c1. The lowest BCUT2D eigenvalue weighted by atomic mass is 10.1. The summed E-state index contributed by atoms with van der Waals surface area (Å²) in [6.07, 6.45) is 7.20. The number of methoxy groups -OCH3 is 1. The summed E-state index contributed by atoms with van der Waals surface area (Å²) in [6.45, 7) is 2.33. The molecule has 7 nitrogen and oxygen atoms in total. The first kappa shape index (κ1) is 19.2. The first-order valence-corrected chi connectivity index (χ1v) is 10.1. The average Bonchev–Trinajstić information content (AvgIpc) is 3.16. The minimum absolute atomic E-state index is 0.0548. The minimum Gasteiger partial charge on any atom is -0.497 e. The lowest BCUT2D eigenvalue weighted by molar-refractivity contribution is -0.122. The number of hydrogen-bond donors (Lipinski definition) is 1. The molecule has 4 rings (SSSR count). The van der Waals surface area contributed by atoms with E-state index in [0.29, 0.717) is 18.0 Å². The van der Waals surface area contributed by atoms with Crippen LogP contribution in [0.15, 0.2) is 42.7 Å². The highest BCUT2D eigenvalue weighted by molar-refractivity contribution is 6.04. The van der Waals surface area contributed by atoms with Crippen LogP contribution in [0.3, 0.4) is 0 Å². The number of rotatable bonds is 5. The van der Waals surface area contributed by atoms with Crippen LogP contribution in [0.4, 0.5) is 17.1 Å². The molecule has 0 spiro atoms. The van der Waals surface area contributed by atoms with E-state index in [-0.39, 0.29) is 18.2 Å². The average molecular weight is 394 g/mol. The third kappa shape index (κ3) is 4.18. The second-order valence-corrected chi connectivity index (χ2v) is 7.54. The summed E-state index contributed by atoms with van der Waals surface area (Å²) in [7, 11) is 1.59. The van der Waals surface area contributed by atoms with Crippen LogP contribution in [0, 0.1) is 5.92 Å². The maximum Gasteiger partial charge on any atom is 0.229 e. The van der Waals surface area contributed by atoms with Crippen LogP contribution < -0.4 is 19.9 Å². The molecule has 0 aliphatic carbocycles. The van der Waals surface area contributed by atoms with Crippen molar-refractivity contribution in [1.29, 1.82) is 0 Å². The van der Waals surface area contributed by atoms with E-state index < -0.39 is 5.92 Å². The molecule has 2 saturated heterocycles. The fourth-order valence-electron chi connectivity index (χ4n) is 4.04. The highest BCUT2D eigenvalue weighted by Gasteiger charge is 2.35. The zero-order chi connectivity index (χ0) is 20.2. The molecule has 2 aromatic rings. The molecule has 0 saturated carbocycles. The van der Waals surface area contributed by atoms with E-state index in [9.17, 15) is 9.59 Å². The van der Waals surface area contributed by atoms with Gasteiger partial charge in [0.05, 0.1) is 30.6 Å². The lowest BCUT2D eigenvalue weighted by Gasteiger charge is -2.30. The maximum absolute atomic E-state index is 12.9. The monoisotopic (exact) mass is 394 g/mol. The molecule has 1 atom stereocenters. The van der Waals surface area contributed by atoms with Crippen molar-refractivity contribution in [3.63, 3.8) is 0 Å². The van der Waals surface area contributed by atoms with Crippen molar-refractivity contribution in [2.75, 3.05) is 41.9 Å². The number of anilines is 3. The second kappa shape index (κ2) is 8.51. The number of aromatic nitrogens is 1. The number of piperidine rings is 1. The van der Waals surface area contributed by atoms with Gasteiger partial charge in [-0.05, 0) is 37.5 Å². The van der Waals surface area contributed by atoms with Crippen LogP contribution in [0.25, 0.3) is 0 Å². The molecule has 1 N–H and O–H groups in total. The van der Waals surface area contributed by atoms with Gasteiger partial charge in [0.15, 0.2) is 0 Å². The predicted molar refractivity (Wildman–Crippen MR) is 112 cm³/mol. The summed E-state index contributed by atoms with van der Waals surface area (Å²) in [5.74, 6) is 0.0868. The predicted octanol–water partition coefficient (Wildman–Crippen LogP) is 3.07. The standard InChI is InChI=1S/C22H26N4O3/c1-29-18-7-5-6-17(13-18)26-15-16(12-21(26)27)22(28)24-19-14-23-9-8-20(19)25-10-3-2-4-11-25/h5-9,13-14,16H,2-4,10-12,15H2,1H3,(H,24,28). The topological polar surface area (TPSA) is 74.8 Å². The van der Waals surface area contributed by atoms with Crippen LogP contribution in [-0.2, 0) is 9.59 Å². The zero-order valence-corrected chi connectivity index (χ0v) is 16.6. The Morgan fingerprint density at radius 1 is 1.21 bits per heavy atom. The number of carbonyl (C=O) groups is 2. The number of nitrogens with one attached hydrogen (secondary N) is 1. The number of ether oxygens (including phenoxy) is 1. The van der Waals surface area contributed by atoms with Crippen LogP contribution >= 0.6 is 0 Å². The molecule has 1 aromatic carbocycles. The van der Waals surface area contributed by atoms with Gasteiger partial charge in [0.2, 0.25) is 11.8 Å². The van der Waals surface area contributed by atoms with Crippen LogP contribution in [0.1, 0.15) is 25.7 Å². The van der Waals surface area contributed by atoms with Crippen molar-refractivity contribution in [3.8, 4) is 5.75 Å². The van der Waals surface area contributed by atoms with E-state index in [1.165, 1.54) is 6.42 Å². The smallest absolute Gasteiger partial charge is 0.229 e. The van der Waals surface area contributed by atoms with Gasteiger partial charge in [-0.25, -0.2) is 0 Å². The highest BCUT2D eigenvalue weighted by atomic mass is 16.5. The molecule has 29 heavy (non-hydrogen) atoms. The van der Waals surface area contributed by atoms with Crippen molar-refractivity contribution in [2.24, 2.45) is 5.92 Å². The number of hydrogen-bond acceptors (Lipinski definition) is 5. The van der Waals surface area contributed by atoms with E-state index in [1.54, 1.807) is 24.4 Å². The molecule has 2 amide bonds. The summed E-state index contributed by atoms with van der Waals surface area (Å²) in [6, 6.07) is 9.29. The van der Waals surface area contributed by atoms with Gasteiger partial charge in [-0.2, -0.15) is 0 Å². The van der Waals surface area contributed by atoms with Gasteiger partial charge in [0.25, 0.3) is 0 Å². The second-order valence-electron chi connectivity index (χ2n) is 7.54. The van der Waals surface area contributed by atoms with Crippen molar-refractivity contribution in [1.82, 2.24) is 4.98 Å². The quantitative estimate of drug-likeness (QED) is 0.844. The van der Waals surface area contributed by atoms with Crippen LogP contribution in [0.5, 0.6) is 5.75 Å². The van der Waals surface area contributed by atoms with Gasteiger partial charge < -0.3 is 19.9 Å². The fraction of sp³-hybridized carbons (Fsp3) is 0.409. The van der Waals surface area contributed by atoms with E-state index in [4.69, 9.17) is 4.74 Å². The molecule has 0 bridgehead atoms. The largest absolute Gasteiger partial charge is 0.497 e. The summed E-state index contributed by atoms with van der Waals surface area (Å²) in [5.41, 5.74) is 2.47. The molecule has 152 valence electrons. The first-order valence-electron chi connectivity index (χ1n) is 10.1. The zero-order valence-electron chi connectivity index (χ0n) is 16.6. The number of carbonyl (C=O) groups excluding carboxylic acids is 2. The maximum atomic E-state index is 12.9. The number of amides is 2. The van der Waals surface area contributed by atoms with Crippen LogP contribution in [0.2, 0.25) is 0 Å². The molecule has 0 radical (unpaired) electrons. The normalized spacial score (nSPS) is 19.3. The van der Waals surface area contributed by atoms with Gasteiger partial charge in [-0.3, -0.25) is 14.6 Å². The van der Waals surface area contributed by atoms with Crippen LogP contribution in [-0.4, -0.2) is 43.5 Å². The van der Waals surface area contributed by atoms with Crippen molar-refractivity contribution >= 4 is 28.9 Å². The van der Waals surface area contributed by atoms with Gasteiger partial charge in [0, 0.05) is 44.0 Å². The number of nitrogens with zero attached hydrogens (tertiary/aromatic N) is 3. The van der Waals surface area contributed by atoms with Gasteiger partial charge in [0.1, 0.15) is 5.75 Å². The van der Waals surface area contributed by atoms with Gasteiger partial charge in [-0.1, -0.05) is 6.07 Å². The molecular formula is C22H26N4O3. The summed E-state index contributed by atoms with van der Waals surface area (Å²) < 4.78 is 5.24. The third-order valence-corrected chi connectivity index (χ3v) is 5.61. The Bertz CT molecular complexity index is 895. The number of pyridine rings is 1. The highest BCUT2D eigenvalue weighted by Crippen LogP contribution is 2.31. The molecule has 2 fully saturated rings. The Kier molecular flexibility index (Phi) is 5.64. The van der Waals surface area contributed by atoms with E-state index in [1.807, 2.05) is 30.3 Å². The molecule has 1 aromatic heterocycles. The van der Waals surface area contributed by atoms with Gasteiger partial charge >= 0.3 is 0 Å². The van der Waals surface area contributed by atoms with Crippen molar-refractivity contribution in [3.05, 3.63) is 42.7 Å². The molecule has 2 aliphatic rings. The summed E-state index contributed by atoms with van der Waals surface area (Å²) >= 11 is 0. The molecule has 1 unspecified atom stereocenters. The Morgan fingerprint density at radius 3 is 2.83 bits per heavy atom. The van der Waals surface area contributed by atoms with Crippen molar-refractivity contribution in [2.45, 2.75) is 25.7 Å². The molecule has 7 heteroatoms. The molecular weight excluding hydrogens is 368 g/mol. The Morgan fingerprint density at radius 2 is 2.03 bits per heavy atom. The van der Waals surface area contributed by atoms with E-state index >= 15 is 0 Å². The minimum atomic E-state index is -0.400. The van der Waals surface area contributed by atoms with E-state index in [2.05, 4.69) is 15.2 Å². The molecule has 2 aliphatic heterocycles. The summed E-state index contributed by atoms with van der Waals surface area (Å²) in [5, 5.41) is 3.02. The Labute approximate surface area is 170 Å². The van der Waals surface area contributed by atoms with Crippen molar-refractivity contribution < 1.29 is 14.3 Å². The van der Waals surface area contributed by atoms with E-state index in [0.717, 1.165) is 37.3 Å². The Hall–Kier alpha value is -3.09. The fourth-order valence-corrected chi connectivity index (χ4v) is 4.04. The lowest BCUT2D eigenvalue weighted by Crippen LogP contribution is -2.32. The number of benzene rings is 1. The molecule has 3 heterocycles. The third-order valence-electron chi connectivity index (χ3n) is 5.61. The summed E-state index contributed by atoms with van der Waals surface area (Å²) in [4.78, 5) is 33.6. The van der Waals surface area contributed by atoms with Gasteiger partial charge in [-0.15, -0.1) is 0 Å².